The molecule has 0 heterocycles. The van der Waals surface area contributed by atoms with Crippen molar-refractivity contribution < 1.29 is 0 Å². The highest BCUT2D eigenvalue weighted by Gasteiger charge is 2.33. The summed E-state index contributed by atoms with van der Waals surface area (Å²) in [5.74, 6) is 0. The Kier molecular flexibility index (Phi) is 3.65. The third-order valence-corrected chi connectivity index (χ3v) is 2.29. The molecule has 0 unspecified atom stereocenters. The second-order valence-corrected chi connectivity index (χ2v) is 4.49. The first-order valence-electron chi connectivity index (χ1n) is 4.26. The van der Waals surface area contributed by atoms with Gasteiger partial charge in [-0.25, -0.2) is 0 Å². The predicted molar refractivity (Wildman–Crippen MR) is 52.0 cm³/mol. The third kappa shape index (κ3) is 3.49. The van der Waals surface area contributed by atoms with E-state index in [9.17, 15) is 0 Å². The lowest BCUT2D eigenvalue weighted by molar-refractivity contribution is 0.174. The molecule has 74 valence electrons. The average molecular weight is 174 g/mol. The minimum absolute atomic E-state index is 0.123. The van der Waals surface area contributed by atoms with Crippen molar-refractivity contribution in [2.75, 3.05) is 0 Å². The Morgan fingerprint density at radius 1 is 1.08 bits per heavy atom. The molecule has 0 amide bonds. The molecule has 0 aromatic carbocycles. The molecular weight excluding hydrogens is 152 g/mol. The van der Waals surface area contributed by atoms with Gasteiger partial charge in [-0.15, -0.1) is 0 Å². The standard InChI is InChI=1S/C8H22N4/c1-7(2,3)8(11,12)5-4-6(9)10/h6H,4-5,9-12H2,1-3H3. The highest BCUT2D eigenvalue weighted by atomic mass is 15.0. The second kappa shape index (κ2) is 3.70. The van der Waals surface area contributed by atoms with E-state index in [1.165, 1.54) is 0 Å². The molecule has 0 aromatic rings. The van der Waals surface area contributed by atoms with Crippen LogP contribution in [0.25, 0.3) is 0 Å². The van der Waals surface area contributed by atoms with Crippen LogP contribution in [0.1, 0.15) is 33.6 Å². The first-order valence-corrected chi connectivity index (χ1v) is 4.26. The molecule has 0 aliphatic rings. The van der Waals surface area contributed by atoms with Crippen molar-refractivity contribution in [3.05, 3.63) is 0 Å². The van der Waals surface area contributed by atoms with Crippen molar-refractivity contribution in [1.29, 1.82) is 0 Å². The maximum atomic E-state index is 5.91. The van der Waals surface area contributed by atoms with Crippen LogP contribution in [-0.4, -0.2) is 11.8 Å². The molecule has 0 aromatic heterocycles. The van der Waals surface area contributed by atoms with Gasteiger partial charge < -0.3 is 22.9 Å². The first-order chi connectivity index (χ1) is 5.17. The van der Waals surface area contributed by atoms with E-state index in [0.29, 0.717) is 12.8 Å². The maximum Gasteiger partial charge on any atom is 0.0687 e. The third-order valence-electron chi connectivity index (χ3n) is 2.29. The van der Waals surface area contributed by atoms with Gasteiger partial charge in [0.25, 0.3) is 0 Å². The van der Waals surface area contributed by atoms with Crippen LogP contribution in [0.3, 0.4) is 0 Å². The van der Waals surface area contributed by atoms with Crippen LogP contribution in [0.2, 0.25) is 0 Å². The van der Waals surface area contributed by atoms with Crippen molar-refractivity contribution >= 4 is 0 Å². The lowest BCUT2D eigenvalue weighted by Crippen LogP contribution is -2.59. The van der Waals surface area contributed by atoms with Crippen molar-refractivity contribution in [1.82, 2.24) is 0 Å². The number of hydrogen-bond donors (Lipinski definition) is 4. The topological polar surface area (TPSA) is 104 Å². The molecule has 0 bridgehead atoms. The highest BCUT2D eigenvalue weighted by molar-refractivity contribution is 4.89. The minimum atomic E-state index is -0.690. The number of nitrogens with two attached hydrogens (primary N) is 4. The minimum Gasteiger partial charge on any atom is -0.316 e. The quantitative estimate of drug-likeness (QED) is 0.440. The Morgan fingerprint density at radius 2 is 1.50 bits per heavy atom. The molecular formula is C8H22N4. The van der Waals surface area contributed by atoms with Gasteiger partial charge in [0.1, 0.15) is 0 Å². The fraction of sp³-hybridized carbons (Fsp3) is 1.00. The first kappa shape index (κ1) is 11.8. The largest absolute Gasteiger partial charge is 0.316 e. The van der Waals surface area contributed by atoms with E-state index in [0.717, 1.165) is 0 Å². The normalized spacial score (nSPS) is 14.0. The molecule has 12 heavy (non-hydrogen) atoms. The van der Waals surface area contributed by atoms with E-state index in [4.69, 9.17) is 22.9 Å². The van der Waals surface area contributed by atoms with Crippen molar-refractivity contribution in [2.45, 2.75) is 45.4 Å². The summed E-state index contributed by atoms with van der Waals surface area (Å²) in [4.78, 5) is 0. The van der Waals surface area contributed by atoms with E-state index in [1.54, 1.807) is 0 Å². The van der Waals surface area contributed by atoms with Gasteiger partial charge in [0.15, 0.2) is 0 Å². The van der Waals surface area contributed by atoms with Crippen LogP contribution >= 0.6 is 0 Å². The lowest BCUT2D eigenvalue weighted by atomic mass is 9.79. The molecule has 0 spiro atoms. The molecule has 8 N–H and O–H groups in total. The molecule has 0 saturated heterocycles. The molecule has 0 radical (unpaired) electrons. The Balaban J connectivity index is 4.05. The zero-order valence-corrected chi connectivity index (χ0v) is 8.30. The van der Waals surface area contributed by atoms with Gasteiger partial charge in [0.2, 0.25) is 0 Å². The Bertz CT molecular complexity index is 134. The monoisotopic (exact) mass is 174 g/mol. The Morgan fingerprint density at radius 3 is 1.75 bits per heavy atom. The maximum absolute atomic E-state index is 5.91. The van der Waals surface area contributed by atoms with Crippen molar-refractivity contribution in [3.8, 4) is 0 Å². The van der Waals surface area contributed by atoms with Gasteiger partial charge in [-0.2, -0.15) is 0 Å². The predicted octanol–water partition coefficient (Wildman–Crippen LogP) is -0.330. The van der Waals surface area contributed by atoms with Crippen molar-refractivity contribution in [2.24, 2.45) is 28.3 Å². The molecule has 0 aliphatic heterocycles. The van der Waals surface area contributed by atoms with Crippen LogP contribution in [0, 0.1) is 5.41 Å². The Hall–Kier alpha value is -0.160. The summed E-state index contributed by atoms with van der Waals surface area (Å²) in [5.41, 5.74) is 21.8. The van der Waals surface area contributed by atoms with Gasteiger partial charge in [0.05, 0.1) is 11.8 Å². The van der Waals surface area contributed by atoms with Crippen molar-refractivity contribution in [3.63, 3.8) is 0 Å². The summed E-state index contributed by atoms with van der Waals surface area (Å²) in [6.07, 6.45) is 0.983. The zero-order chi connectivity index (χ0) is 9.99. The van der Waals surface area contributed by atoms with E-state index in [2.05, 4.69) is 0 Å². The summed E-state index contributed by atoms with van der Waals surface area (Å²) < 4.78 is 0. The molecule has 4 nitrogen and oxygen atoms in total. The summed E-state index contributed by atoms with van der Waals surface area (Å²) in [7, 11) is 0. The number of hydrogen-bond acceptors (Lipinski definition) is 4. The molecule has 0 aliphatic carbocycles. The lowest BCUT2D eigenvalue weighted by Gasteiger charge is -2.38. The van der Waals surface area contributed by atoms with Gasteiger partial charge in [-0.05, 0) is 18.3 Å². The smallest absolute Gasteiger partial charge is 0.0687 e. The Labute approximate surface area is 74.7 Å². The average Bonchev–Trinajstić information content (AvgIpc) is 1.81. The van der Waals surface area contributed by atoms with Crippen LogP contribution < -0.4 is 22.9 Å². The van der Waals surface area contributed by atoms with Crippen LogP contribution in [0.4, 0.5) is 0 Å². The fourth-order valence-electron chi connectivity index (χ4n) is 0.781. The van der Waals surface area contributed by atoms with E-state index in [1.807, 2.05) is 20.8 Å². The summed E-state index contributed by atoms with van der Waals surface area (Å²) >= 11 is 0. The van der Waals surface area contributed by atoms with Gasteiger partial charge in [0, 0.05) is 0 Å². The van der Waals surface area contributed by atoms with Gasteiger partial charge in [-0.3, -0.25) is 0 Å². The van der Waals surface area contributed by atoms with Gasteiger partial charge >= 0.3 is 0 Å². The van der Waals surface area contributed by atoms with E-state index < -0.39 is 5.66 Å². The van der Waals surface area contributed by atoms with Gasteiger partial charge in [-0.1, -0.05) is 20.8 Å². The highest BCUT2D eigenvalue weighted by Crippen LogP contribution is 2.27. The van der Waals surface area contributed by atoms with Crippen LogP contribution in [-0.2, 0) is 0 Å². The molecule has 0 saturated carbocycles. The summed E-state index contributed by atoms with van der Waals surface area (Å²) in [6.45, 7) is 6.03. The van der Waals surface area contributed by atoms with Crippen LogP contribution in [0.15, 0.2) is 0 Å². The SMILES string of the molecule is CC(C)(C)C(N)(N)CCC(N)N. The molecule has 0 fully saturated rings. The molecule has 4 heteroatoms. The number of rotatable bonds is 3. The van der Waals surface area contributed by atoms with E-state index >= 15 is 0 Å². The second-order valence-electron chi connectivity index (χ2n) is 4.49. The van der Waals surface area contributed by atoms with E-state index in [-0.39, 0.29) is 11.6 Å². The summed E-state index contributed by atoms with van der Waals surface area (Å²) in [6, 6.07) is 0. The van der Waals surface area contributed by atoms with Crippen LogP contribution in [0.5, 0.6) is 0 Å². The summed E-state index contributed by atoms with van der Waals surface area (Å²) in [5, 5.41) is 0. The fourth-order valence-corrected chi connectivity index (χ4v) is 0.781. The molecule has 0 rings (SSSR count). The zero-order valence-electron chi connectivity index (χ0n) is 8.30. The molecule has 0 atom stereocenters.